The lowest BCUT2D eigenvalue weighted by atomic mass is 9.91. The molecule has 0 radical (unpaired) electrons. The highest BCUT2D eigenvalue weighted by molar-refractivity contribution is 5.06. The summed E-state index contributed by atoms with van der Waals surface area (Å²) in [4.78, 5) is 0. The minimum absolute atomic E-state index is 0.0842. The number of fused-ring (bicyclic) bond motifs is 1. The van der Waals surface area contributed by atoms with Crippen molar-refractivity contribution in [3.05, 3.63) is 12.2 Å². The van der Waals surface area contributed by atoms with Gasteiger partial charge < -0.3 is 19.7 Å². The lowest BCUT2D eigenvalue weighted by Crippen LogP contribution is -2.19. The Balaban J connectivity index is 1.84. The van der Waals surface area contributed by atoms with E-state index in [1.165, 1.54) is 0 Å². The fourth-order valence-electron chi connectivity index (χ4n) is 3.42. The lowest BCUT2D eigenvalue weighted by molar-refractivity contribution is -0.118. The van der Waals surface area contributed by atoms with Gasteiger partial charge in [-0.25, -0.2) is 0 Å². The Labute approximate surface area is 121 Å². The van der Waals surface area contributed by atoms with Crippen LogP contribution in [-0.2, 0) is 9.47 Å². The van der Waals surface area contributed by atoms with Gasteiger partial charge in [-0.15, -0.1) is 0 Å². The molecule has 0 aromatic rings. The van der Waals surface area contributed by atoms with Gasteiger partial charge in [0.1, 0.15) is 0 Å². The van der Waals surface area contributed by atoms with E-state index in [1.807, 2.05) is 12.2 Å². The molecule has 2 aliphatic rings. The number of rotatable bonds is 7. The van der Waals surface area contributed by atoms with Crippen molar-refractivity contribution in [3.8, 4) is 0 Å². The minimum Gasteiger partial charge on any atom is -0.392 e. The smallest absolute Gasteiger partial charge is 0.157 e. The molecule has 1 saturated heterocycles. The number of methoxy groups -OCH3 is 1. The molecule has 0 aromatic carbocycles. The van der Waals surface area contributed by atoms with Crippen LogP contribution in [0.15, 0.2) is 12.2 Å². The monoisotopic (exact) mass is 284 g/mol. The molecule has 2 rings (SSSR count). The van der Waals surface area contributed by atoms with E-state index >= 15 is 0 Å². The summed E-state index contributed by atoms with van der Waals surface area (Å²) in [5.41, 5.74) is 0. The second-order valence-electron chi connectivity index (χ2n) is 6.07. The van der Waals surface area contributed by atoms with E-state index in [0.717, 1.165) is 32.1 Å². The molecule has 4 heteroatoms. The SMILES string of the molecule is CCCCCC(O)C=C[C@H]1[C@@H]2C[C@@H](OC)O[C@@H]2C[C@@H]1O. The van der Waals surface area contributed by atoms with E-state index in [4.69, 9.17) is 9.47 Å². The maximum Gasteiger partial charge on any atom is 0.157 e. The Kier molecular flexibility index (Phi) is 6.02. The van der Waals surface area contributed by atoms with Gasteiger partial charge in [0.05, 0.1) is 18.3 Å². The highest BCUT2D eigenvalue weighted by Crippen LogP contribution is 2.44. The highest BCUT2D eigenvalue weighted by atomic mass is 16.7. The van der Waals surface area contributed by atoms with Gasteiger partial charge in [0.25, 0.3) is 0 Å². The van der Waals surface area contributed by atoms with E-state index in [2.05, 4.69) is 6.92 Å². The normalized spacial score (nSPS) is 38.5. The van der Waals surface area contributed by atoms with E-state index in [0.29, 0.717) is 12.3 Å². The zero-order valence-electron chi connectivity index (χ0n) is 12.6. The Morgan fingerprint density at radius 1 is 1.35 bits per heavy atom. The zero-order chi connectivity index (χ0) is 14.5. The minimum atomic E-state index is -0.395. The molecule has 1 heterocycles. The first-order valence-corrected chi connectivity index (χ1v) is 7.88. The Bertz CT molecular complexity index is 318. The summed E-state index contributed by atoms with van der Waals surface area (Å²) in [6, 6.07) is 0. The average Bonchev–Trinajstić information content (AvgIpc) is 2.93. The molecule has 1 aliphatic carbocycles. The molecular formula is C16H28O4. The second kappa shape index (κ2) is 7.55. The van der Waals surface area contributed by atoms with Gasteiger partial charge in [-0.05, 0) is 12.3 Å². The van der Waals surface area contributed by atoms with Crippen LogP contribution >= 0.6 is 0 Å². The van der Waals surface area contributed by atoms with Gasteiger partial charge in [-0.1, -0.05) is 38.3 Å². The number of unbranched alkanes of at least 4 members (excludes halogenated alkanes) is 2. The summed E-state index contributed by atoms with van der Waals surface area (Å²) in [5.74, 6) is 0.398. The van der Waals surface area contributed by atoms with Gasteiger partial charge in [0, 0.05) is 25.9 Å². The van der Waals surface area contributed by atoms with Crippen LogP contribution in [0.5, 0.6) is 0 Å². The van der Waals surface area contributed by atoms with E-state index in [9.17, 15) is 10.2 Å². The summed E-state index contributed by atoms with van der Waals surface area (Å²) in [6.45, 7) is 2.16. The Morgan fingerprint density at radius 2 is 2.15 bits per heavy atom. The Hall–Kier alpha value is -0.420. The summed E-state index contributed by atoms with van der Waals surface area (Å²) in [5, 5.41) is 20.1. The van der Waals surface area contributed by atoms with Crippen LogP contribution in [0.3, 0.4) is 0 Å². The third-order valence-corrected chi connectivity index (χ3v) is 4.60. The number of ether oxygens (including phenoxy) is 2. The molecule has 2 fully saturated rings. The van der Waals surface area contributed by atoms with E-state index < -0.39 is 6.10 Å². The molecule has 4 nitrogen and oxygen atoms in total. The predicted molar refractivity (Wildman–Crippen MR) is 77.2 cm³/mol. The van der Waals surface area contributed by atoms with Gasteiger partial charge in [0.15, 0.2) is 6.29 Å². The lowest BCUT2D eigenvalue weighted by Gasteiger charge is -2.17. The Morgan fingerprint density at radius 3 is 2.85 bits per heavy atom. The van der Waals surface area contributed by atoms with Crippen molar-refractivity contribution in [1.82, 2.24) is 0 Å². The van der Waals surface area contributed by atoms with Crippen LogP contribution in [-0.4, -0.2) is 41.9 Å². The van der Waals surface area contributed by atoms with Crippen LogP contribution < -0.4 is 0 Å². The van der Waals surface area contributed by atoms with Gasteiger partial charge in [-0.3, -0.25) is 0 Å². The zero-order valence-corrected chi connectivity index (χ0v) is 12.6. The number of hydrogen-bond acceptors (Lipinski definition) is 4. The van der Waals surface area contributed by atoms with Crippen molar-refractivity contribution in [2.45, 2.75) is 70.1 Å². The quantitative estimate of drug-likeness (QED) is 0.556. The van der Waals surface area contributed by atoms with Crippen molar-refractivity contribution in [2.75, 3.05) is 7.11 Å². The standard InChI is InChI=1S/C16H28O4/c1-3-4-5-6-11(17)7-8-12-13-9-16(19-2)20-15(13)10-14(12)18/h7-8,11-18H,3-6,9-10H2,1-2H3/t11?,12-,13-,14-,15+,16-/m0/s1. The van der Waals surface area contributed by atoms with Crippen LogP contribution in [0.2, 0.25) is 0 Å². The first-order chi connectivity index (χ1) is 9.65. The van der Waals surface area contributed by atoms with Gasteiger partial charge in [-0.2, -0.15) is 0 Å². The van der Waals surface area contributed by atoms with E-state index in [1.54, 1.807) is 7.11 Å². The average molecular weight is 284 g/mol. The largest absolute Gasteiger partial charge is 0.392 e. The van der Waals surface area contributed by atoms with Crippen molar-refractivity contribution in [3.63, 3.8) is 0 Å². The first-order valence-electron chi connectivity index (χ1n) is 7.88. The van der Waals surface area contributed by atoms with Crippen LogP contribution in [0.4, 0.5) is 0 Å². The number of hydrogen-bond donors (Lipinski definition) is 2. The van der Waals surface area contributed by atoms with Gasteiger partial charge in [0.2, 0.25) is 0 Å². The topological polar surface area (TPSA) is 58.9 Å². The maximum atomic E-state index is 10.1. The molecule has 0 aromatic heterocycles. The first kappa shape index (κ1) is 16.0. The molecule has 20 heavy (non-hydrogen) atoms. The van der Waals surface area contributed by atoms with Crippen LogP contribution in [0.1, 0.15) is 45.4 Å². The summed E-state index contributed by atoms with van der Waals surface area (Å²) < 4.78 is 11.0. The molecule has 1 unspecified atom stereocenters. The summed E-state index contributed by atoms with van der Waals surface area (Å²) in [7, 11) is 1.66. The summed E-state index contributed by atoms with van der Waals surface area (Å²) >= 11 is 0. The molecule has 116 valence electrons. The molecule has 1 saturated carbocycles. The fraction of sp³-hybridized carbons (Fsp3) is 0.875. The van der Waals surface area contributed by atoms with Crippen molar-refractivity contribution in [1.29, 1.82) is 0 Å². The second-order valence-corrected chi connectivity index (χ2v) is 6.07. The molecule has 0 spiro atoms. The predicted octanol–water partition coefficient (Wildman–Crippen LogP) is 2.24. The molecule has 0 bridgehead atoms. The summed E-state index contributed by atoms with van der Waals surface area (Å²) in [6.07, 6.45) is 8.74. The third kappa shape index (κ3) is 3.82. The van der Waals surface area contributed by atoms with E-state index in [-0.39, 0.29) is 24.4 Å². The molecular weight excluding hydrogens is 256 g/mol. The van der Waals surface area contributed by atoms with Crippen LogP contribution in [0, 0.1) is 11.8 Å². The van der Waals surface area contributed by atoms with Crippen molar-refractivity contribution in [2.24, 2.45) is 11.8 Å². The third-order valence-electron chi connectivity index (χ3n) is 4.60. The van der Waals surface area contributed by atoms with Crippen molar-refractivity contribution < 1.29 is 19.7 Å². The molecule has 0 amide bonds. The molecule has 6 atom stereocenters. The van der Waals surface area contributed by atoms with Crippen molar-refractivity contribution >= 4 is 0 Å². The molecule has 1 aliphatic heterocycles. The van der Waals surface area contributed by atoms with Crippen LogP contribution in [0.25, 0.3) is 0 Å². The maximum absolute atomic E-state index is 10.1. The van der Waals surface area contributed by atoms with Gasteiger partial charge >= 0.3 is 0 Å². The fourth-order valence-corrected chi connectivity index (χ4v) is 3.42. The molecule has 2 N–H and O–H groups in total. The highest BCUT2D eigenvalue weighted by Gasteiger charge is 2.48. The number of aliphatic hydroxyl groups is 2. The number of aliphatic hydroxyl groups excluding tert-OH is 2.